The third-order valence-electron chi connectivity index (χ3n) is 3.13. The van der Waals surface area contributed by atoms with Gasteiger partial charge in [0.1, 0.15) is 0 Å². The molecule has 2 nitrogen and oxygen atoms in total. The van der Waals surface area contributed by atoms with E-state index in [-0.39, 0.29) is 12.6 Å². The van der Waals surface area contributed by atoms with E-state index in [1.54, 1.807) is 0 Å². The molecule has 1 atom stereocenters. The molecule has 0 amide bonds. The average molecular weight is 276 g/mol. The minimum absolute atomic E-state index is 0.0630. The number of aryl methyl sites for hydroxylation is 1. The van der Waals surface area contributed by atoms with Crippen LogP contribution in [-0.4, -0.2) is 11.7 Å². The molecule has 0 aliphatic carbocycles. The molecule has 1 unspecified atom stereocenters. The zero-order chi connectivity index (χ0) is 13.7. The van der Waals surface area contributed by atoms with Gasteiger partial charge in [-0.15, -0.1) is 0 Å². The monoisotopic (exact) mass is 275 g/mol. The first-order chi connectivity index (χ1) is 9.20. The van der Waals surface area contributed by atoms with Gasteiger partial charge in [0.15, 0.2) is 0 Å². The highest BCUT2D eigenvalue weighted by Crippen LogP contribution is 2.19. The van der Waals surface area contributed by atoms with Crippen molar-refractivity contribution in [1.29, 1.82) is 0 Å². The van der Waals surface area contributed by atoms with Crippen molar-refractivity contribution in [3.8, 4) is 0 Å². The van der Waals surface area contributed by atoms with Crippen LogP contribution >= 0.6 is 11.6 Å². The summed E-state index contributed by atoms with van der Waals surface area (Å²) < 4.78 is 0. The Bertz CT molecular complexity index is 528. The number of aliphatic hydroxyl groups excluding tert-OH is 1. The summed E-state index contributed by atoms with van der Waals surface area (Å²) in [7, 11) is 0. The van der Waals surface area contributed by atoms with Gasteiger partial charge in [-0.05, 0) is 29.7 Å². The molecule has 0 heterocycles. The lowest BCUT2D eigenvalue weighted by atomic mass is 10.1. The molecular formula is C16H18ClNO. The number of benzene rings is 2. The van der Waals surface area contributed by atoms with Crippen LogP contribution in [0.2, 0.25) is 5.02 Å². The minimum Gasteiger partial charge on any atom is -0.394 e. The molecule has 2 N–H and O–H groups in total. The van der Waals surface area contributed by atoms with E-state index in [9.17, 15) is 5.11 Å². The Balaban J connectivity index is 2.04. The normalized spacial score (nSPS) is 12.4. The van der Waals surface area contributed by atoms with E-state index in [1.807, 2.05) is 55.5 Å². The lowest BCUT2D eigenvalue weighted by Gasteiger charge is -2.17. The van der Waals surface area contributed by atoms with Gasteiger partial charge in [0.2, 0.25) is 0 Å². The smallest absolute Gasteiger partial charge is 0.0626 e. The van der Waals surface area contributed by atoms with Gasteiger partial charge in [-0.2, -0.15) is 0 Å². The van der Waals surface area contributed by atoms with Gasteiger partial charge in [-0.25, -0.2) is 0 Å². The van der Waals surface area contributed by atoms with Crippen LogP contribution in [0.15, 0.2) is 48.5 Å². The summed E-state index contributed by atoms with van der Waals surface area (Å²) in [6.45, 7) is 2.72. The summed E-state index contributed by atoms with van der Waals surface area (Å²) in [6, 6.07) is 15.9. The molecule has 3 heteroatoms. The van der Waals surface area contributed by atoms with Crippen LogP contribution in [0.25, 0.3) is 0 Å². The largest absolute Gasteiger partial charge is 0.394 e. The molecule has 2 aromatic carbocycles. The van der Waals surface area contributed by atoms with E-state index in [4.69, 9.17) is 11.6 Å². The SMILES string of the molecule is Cc1ccc(CNC(CO)c2ccccc2)c(Cl)c1. The predicted molar refractivity (Wildman–Crippen MR) is 79.3 cm³/mol. The molecule has 0 fully saturated rings. The molecule has 100 valence electrons. The molecule has 0 saturated carbocycles. The number of nitrogens with one attached hydrogen (secondary N) is 1. The standard InChI is InChI=1S/C16H18ClNO/c1-12-7-8-14(15(17)9-12)10-18-16(11-19)13-5-3-2-4-6-13/h2-9,16,18-19H,10-11H2,1H3. The summed E-state index contributed by atoms with van der Waals surface area (Å²) in [4.78, 5) is 0. The van der Waals surface area contributed by atoms with Crippen molar-refractivity contribution in [1.82, 2.24) is 5.32 Å². The van der Waals surface area contributed by atoms with Gasteiger partial charge in [0.25, 0.3) is 0 Å². The van der Waals surface area contributed by atoms with Crippen LogP contribution in [0.1, 0.15) is 22.7 Å². The highest BCUT2D eigenvalue weighted by Gasteiger charge is 2.10. The van der Waals surface area contributed by atoms with Crippen molar-refractivity contribution < 1.29 is 5.11 Å². The van der Waals surface area contributed by atoms with Gasteiger partial charge in [-0.1, -0.05) is 54.1 Å². The summed E-state index contributed by atoms with van der Waals surface area (Å²) in [5.74, 6) is 0. The fourth-order valence-electron chi connectivity index (χ4n) is 2.00. The fraction of sp³-hybridized carbons (Fsp3) is 0.250. The summed E-state index contributed by atoms with van der Waals surface area (Å²) in [5.41, 5.74) is 3.27. The van der Waals surface area contributed by atoms with Crippen molar-refractivity contribution in [2.45, 2.75) is 19.5 Å². The van der Waals surface area contributed by atoms with Gasteiger partial charge in [0.05, 0.1) is 12.6 Å². The Morgan fingerprint density at radius 1 is 1.16 bits per heavy atom. The van der Waals surface area contributed by atoms with Crippen LogP contribution < -0.4 is 5.32 Å². The lowest BCUT2D eigenvalue weighted by molar-refractivity contribution is 0.243. The maximum Gasteiger partial charge on any atom is 0.0626 e. The summed E-state index contributed by atoms with van der Waals surface area (Å²) in [5, 5.41) is 13.6. The Hall–Kier alpha value is -1.35. The van der Waals surface area contributed by atoms with Crippen molar-refractivity contribution in [3.05, 3.63) is 70.2 Å². The quantitative estimate of drug-likeness (QED) is 0.876. The molecule has 2 rings (SSSR count). The third-order valence-corrected chi connectivity index (χ3v) is 3.48. The van der Waals surface area contributed by atoms with Crippen LogP contribution in [0.5, 0.6) is 0 Å². The van der Waals surface area contributed by atoms with Crippen LogP contribution in [0.4, 0.5) is 0 Å². The second kappa shape index (κ2) is 6.71. The maximum atomic E-state index is 9.48. The van der Waals surface area contributed by atoms with Crippen molar-refractivity contribution in [3.63, 3.8) is 0 Å². The highest BCUT2D eigenvalue weighted by molar-refractivity contribution is 6.31. The molecular weight excluding hydrogens is 258 g/mol. The second-order valence-electron chi connectivity index (χ2n) is 4.62. The molecule has 0 spiro atoms. The van der Waals surface area contributed by atoms with Gasteiger partial charge in [0, 0.05) is 11.6 Å². The van der Waals surface area contributed by atoms with Crippen LogP contribution in [0, 0.1) is 6.92 Å². The second-order valence-corrected chi connectivity index (χ2v) is 5.03. The minimum atomic E-state index is -0.0708. The summed E-state index contributed by atoms with van der Waals surface area (Å²) in [6.07, 6.45) is 0. The third kappa shape index (κ3) is 3.80. The Labute approximate surface area is 119 Å². The molecule has 0 aliphatic rings. The first-order valence-corrected chi connectivity index (χ1v) is 6.72. The first kappa shape index (κ1) is 14.1. The zero-order valence-electron chi connectivity index (χ0n) is 10.9. The van der Waals surface area contributed by atoms with Gasteiger partial charge in [-0.3, -0.25) is 0 Å². The molecule has 0 radical (unpaired) electrons. The van der Waals surface area contributed by atoms with Gasteiger partial charge >= 0.3 is 0 Å². The topological polar surface area (TPSA) is 32.3 Å². The van der Waals surface area contributed by atoms with Crippen LogP contribution in [0.3, 0.4) is 0 Å². The molecule has 0 aliphatic heterocycles. The van der Waals surface area contributed by atoms with Crippen molar-refractivity contribution in [2.24, 2.45) is 0 Å². The highest BCUT2D eigenvalue weighted by atomic mass is 35.5. The lowest BCUT2D eigenvalue weighted by Crippen LogP contribution is -2.24. The molecule has 0 bridgehead atoms. The zero-order valence-corrected chi connectivity index (χ0v) is 11.7. The fourth-order valence-corrected chi connectivity index (χ4v) is 2.30. The van der Waals surface area contributed by atoms with E-state index in [0.717, 1.165) is 21.7 Å². The van der Waals surface area contributed by atoms with Crippen molar-refractivity contribution >= 4 is 11.6 Å². The first-order valence-electron chi connectivity index (χ1n) is 6.35. The maximum absolute atomic E-state index is 9.48. The van der Waals surface area contributed by atoms with E-state index in [1.165, 1.54) is 0 Å². The van der Waals surface area contributed by atoms with Crippen LogP contribution in [-0.2, 0) is 6.54 Å². The van der Waals surface area contributed by atoms with Crippen molar-refractivity contribution in [2.75, 3.05) is 6.61 Å². The Kier molecular flexibility index (Phi) is 4.97. The number of hydrogen-bond donors (Lipinski definition) is 2. The van der Waals surface area contributed by atoms with E-state index in [0.29, 0.717) is 6.54 Å². The Morgan fingerprint density at radius 2 is 1.89 bits per heavy atom. The Morgan fingerprint density at radius 3 is 2.53 bits per heavy atom. The number of aliphatic hydroxyl groups is 1. The number of halogens is 1. The van der Waals surface area contributed by atoms with E-state index in [2.05, 4.69) is 5.32 Å². The molecule has 2 aromatic rings. The molecule has 0 saturated heterocycles. The molecule has 0 aromatic heterocycles. The number of rotatable bonds is 5. The predicted octanol–water partition coefficient (Wildman–Crippen LogP) is 3.47. The van der Waals surface area contributed by atoms with E-state index < -0.39 is 0 Å². The average Bonchev–Trinajstić information content (AvgIpc) is 2.43. The van der Waals surface area contributed by atoms with E-state index >= 15 is 0 Å². The van der Waals surface area contributed by atoms with Gasteiger partial charge < -0.3 is 10.4 Å². The summed E-state index contributed by atoms with van der Waals surface area (Å²) >= 11 is 6.20. The molecule has 19 heavy (non-hydrogen) atoms. The number of hydrogen-bond acceptors (Lipinski definition) is 2.